The molecule has 1 aliphatic rings. The molecule has 0 saturated carbocycles. The van der Waals surface area contributed by atoms with Crippen molar-refractivity contribution >= 4 is 29.1 Å². The van der Waals surface area contributed by atoms with Gasteiger partial charge in [0.1, 0.15) is 11.2 Å². The summed E-state index contributed by atoms with van der Waals surface area (Å²) in [6.45, 7) is 9.01. The summed E-state index contributed by atoms with van der Waals surface area (Å²) in [5.41, 5.74) is 1.76. The molecule has 164 valence electrons. The van der Waals surface area contributed by atoms with Crippen LogP contribution in [0.25, 0.3) is 16.7 Å². The molecule has 1 heterocycles. The van der Waals surface area contributed by atoms with Crippen LogP contribution in [0.15, 0.2) is 48.2 Å². The monoisotopic (exact) mass is 442 g/mol. The van der Waals surface area contributed by atoms with Gasteiger partial charge >= 0.3 is 6.16 Å². The Morgan fingerprint density at radius 1 is 1.00 bits per heavy atom. The van der Waals surface area contributed by atoms with Gasteiger partial charge in [-0.05, 0) is 74.6 Å². The van der Waals surface area contributed by atoms with Gasteiger partial charge in [0, 0.05) is 5.02 Å². The second-order valence-electron chi connectivity index (χ2n) is 8.44. The van der Waals surface area contributed by atoms with Crippen molar-refractivity contribution in [1.29, 1.82) is 0 Å². The van der Waals surface area contributed by atoms with Crippen molar-refractivity contribution in [3.05, 3.63) is 64.4 Å². The van der Waals surface area contributed by atoms with Crippen LogP contribution >= 0.6 is 11.6 Å². The van der Waals surface area contributed by atoms with E-state index in [9.17, 15) is 9.59 Å². The predicted molar refractivity (Wildman–Crippen MR) is 121 cm³/mol. The van der Waals surface area contributed by atoms with Gasteiger partial charge in [0.25, 0.3) is 0 Å². The van der Waals surface area contributed by atoms with Crippen LogP contribution in [0.1, 0.15) is 45.7 Å². The third-order valence-corrected chi connectivity index (χ3v) is 5.60. The molecule has 0 aromatic heterocycles. The number of ketones is 1. The van der Waals surface area contributed by atoms with Gasteiger partial charge in [-0.25, -0.2) is 4.79 Å². The Hall–Kier alpha value is -2.63. The molecule has 0 spiro atoms. The van der Waals surface area contributed by atoms with Crippen LogP contribution in [-0.2, 0) is 25.4 Å². The highest BCUT2D eigenvalue weighted by atomic mass is 35.5. The summed E-state index contributed by atoms with van der Waals surface area (Å²) >= 11 is 6.04. The largest absolute Gasteiger partial charge is 0.513 e. The topological polar surface area (TPSA) is 61.8 Å². The summed E-state index contributed by atoms with van der Waals surface area (Å²) in [4.78, 5) is 25.6. The third kappa shape index (κ3) is 4.53. The van der Waals surface area contributed by atoms with Gasteiger partial charge in [-0.3, -0.25) is 4.79 Å². The van der Waals surface area contributed by atoms with Crippen LogP contribution in [0, 0.1) is 0 Å². The van der Waals surface area contributed by atoms with E-state index in [0.29, 0.717) is 22.6 Å². The number of carbonyl (C=O) groups is 2. The number of Topliss-reactive ketones (excluding diaryl/α,β-unsaturated/α-hetero) is 1. The molecular weight excluding hydrogens is 416 g/mol. The molecule has 6 heteroatoms. The van der Waals surface area contributed by atoms with E-state index in [1.807, 2.05) is 49.4 Å². The number of aryl methyl sites for hydroxylation is 1. The molecule has 0 saturated heterocycles. The van der Waals surface area contributed by atoms with Crippen LogP contribution < -0.4 is 0 Å². The lowest BCUT2D eigenvalue weighted by Gasteiger charge is -2.42. The van der Waals surface area contributed by atoms with Gasteiger partial charge < -0.3 is 14.2 Å². The molecule has 0 amide bonds. The van der Waals surface area contributed by atoms with Gasteiger partial charge in [-0.1, -0.05) is 42.8 Å². The second kappa shape index (κ2) is 8.48. The molecule has 0 bridgehead atoms. The lowest BCUT2D eigenvalue weighted by molar-refractivity contribution is -0.158. The van der Waals surface area contributed by atoms with Crippen molar-refractivity contribution in [2.75, 3.05) is 7.11 Å². The number of methoxy groups -OCH3 is 1. The molecule has 2 aromatic carbocycles. The first-order valence-corrected chi connectivity index (χ1v) is 10.5. The third-order valence-electron chi connectivity index (χ3n) is 5.35. The molecule has 2 aromatic rings. The van der Waals surface area contributed by atoms with Crippen molar-refractivity contribution in [2.24, 2.45) is 0 Å². The van der Waals surface area contributed by atoms with Gasteiger partial charge in [0.2, 0.25) is 0 Å². The average Bonchev–Trinajstić information content (AvgIpc) is 2.71. The van der Waals surface area contributed by atoms with Gasteiger partial charge in [-0.15, -0.1) is 0 Å². The Labute approximate surface area is 188 Å². The number of rotatable bonds is 4. The number of benzene rings is 2. The molecule has 5 nitrogen and oxygen atoms in total. The Bertz CT molecular complexity index is 1050. The molecule has 0 radical (unpaired) electrons. The number of hydrogen-bond donors (Lipinski definition) is 0. The van der Waals surface area contributed by atoms with Gasteiger partial charge in [0.15, 0.2) is 11.5 Å². The Morgan fingerprint density at radius 3 is 2.19 bits per heavy atom. The number of hydrogen-bond acceptors (Lipinski definition) is 5. The minimum absolute atomic E-state index is 0.145. The summed E-state index contributed by atoms with van der Waals surface area (Å²) in [6.07, 6.45) is -0.205. The van der Waals surface area contributed by atoms with Crippen LogP contribution in [0.2, 0.25) is 5.02 Å². The normalized spacial score (nSPS) is 17.5. The van der Waals surface area contributed by atoms with Crippen molar-refractivity contribution in [2.45, 2.75) is 52.2 Å². The van der Waals surface area contributed by atoms with E-state index in [1.165, 1.54) is 7.11 Å². The first kappa shape index (κ1) is 23.0. The maximum Gasteiger partial charge on any atom is 0.513 e. The van der Waals surface area contributed by atoms with E-state index in [1.54, 1.807) is 27.7 Å². The van der Waals surface area contributed by atoms with Crippen LogP contribution in [0.3, 0.4) is 0 Å². The van der Waals surface area contributed by atoms with E-state index in [4.69, 9.17) is 25.8 Å². The van der Waals surface area contributed by atoms with E-state index >= 15 is 0 Å². The van der Waals surface area contributed by atoms with Crippen molar-refractivity contribution in [1.82, 2.24) is 0 Å². The summed E-state index contributed by atoms with van der Waals surface area (Å²) in [5.74, 6) is -0.111. The zero-order valence-electron chi connectivity index (χ0n) is 18.7. The van der Waals surface area contributed by atoms with E-state index in [0.717, 1.165) is 16.7 Å². The molecule has 0 aliphatic carbocycles. The van der Waals surface area contributed by atoms with E-state index in [-0.39, 0.29) is 11.5 Å². The van der Waals surface area contributed by atoms with Crippen LogP contribution in [-0.4, -0.2) is 30.3 Å². The van der Waals surface area contributed by atoms with Gasteiger partial charge in [0.05, 0.1) is 12.7 Å². The fourth-order valence-corrected chi connectivity index (χ4v) is 4.04. The summed E-state index contributed by atoms with van der Waals surface area (Å²) in [7, 11) is 1.23. The maximum atomic E-state index is 13.5. The van der Waals surface area contributed by atoms with Gasteiger partial charge in [-0.2, -0.15) is 0 Å². The summed E-state index contributed by atoms with van der Waals surface area (Å²) < 4.78 is 16.2. The maximum absolute atomic E-state index is 13.5. The second-order valence-corrected chi connectivity index (χ2v) is 8.88. The molecule has 0 N–H and O–H groups in total. The van der Waals surface area contributed by atoms with Crippen LogP contribution in [0.4, 0.5) is 4.79 Å². The number of ether oxygens (including phenoxy) is 3. The SMILES string of the molecule is CCc1ccc(-c2ccc(Cl)cc2)cc1C1=C(OC(=O)OC)C(C)(C)OC(C)(C)C1=O. The van der Waals surface area contributed by atoms with Crippen LogP contribution in [0.5, 0.6) is 0 Å². The van der Waals surface area contributed by atoms with E-state index < -0.39 is 17.4 Å². The van der Waals surface area contributed by atoms with Crippen molar-refractivity contribution in [3.8, 4) is 11.1 Å². The predicted octanol–water partition coefficient (Wildman–Crippen LogP) is 6.22. The Kier molecular flexibility index (Phi) is 6.30. The highest BCUT2D eigenvalue weighted by Crippen LogP contribution is 2.43. The fourth-order valence-electron chi connectivity index (χ4n) is 3.92. The molecule has 31 heavy (non-hydrogen) atoms. The smallest absolute Gasteiger partial charge is 0.437 e. The Balaban J connectivity index is 2.30. The lowest BCUT2D eigenvalue weighted by Crippen LogP contribution is -2.50. The lowest BCUT2D eigenvalue weighted by atomic mass is 9.80. The minimum atomic E-state index is -1.09. The highest BCUT2D eigenvalue weighted by molar-refractivity contribution is 6.30. The van der Waals surface area contributed by atoms with Crippen molar-refractivity contribution in [3.63, 3.8) is 0 Å². The minimum Gasteiger partial charge on any atom is -0.437 e. The quantitative estimate of drug-likeness (QED) is 0.526. The fraction of sp³-hybridized carbons (Fsp3) is 0.360. The number of carbonyl (C=O) groups excluding carboxylic acids is 2. The average molecular weight is 443 g/mol. The molecule has 3 rings (SSSR count). The Morgan fingerprint density at radius 2 is 1.61 bits per heavy atom. The van der Waals surface area contributed by atoms with E-state index in [2.05, 4.69) is 0 Å². The highest BCUT2D eigenvalue weighted by Gasteiger charge is 2.49. The molecule has 0 unspecified atom stereocenters. The molecule has 1 aliphatic heterocycles. The molecule has 0 atom stereocenters. The summed E-state index contributed by atoms with van der Waals surface area (Å²) in [6, 6.07) is 13.4. The zero-order valence-corrected chi connectivity index (χ0v) is 19.4. The standard InChI is InChI=1S/C25H27ClO5/c1-7-15-8-9-17(16-10-12-18(26)13-11-16)14-19(15)20-21(27)24(2,3)31-25(4,5)22(20)30-23(28)29-6/h8-14H,7H2,1-6H3. The first-order valence-electron chi connectivity index (χ1n) is 10.1. The zero-order chi connectivity index (χ0) is 23.0. The first-order chi connectivity index (χ1) is 14.5. The van der Waals surface area contributed by atoms with Crippen molar-refractivity contribution < 1.29 is 23.8 Å². The molecule has 0 fully saturated rings. The number of halogens is 1. The summed E-state index contributed by atoms with van der Waals surface area (Å²) in [5, 5.41) is 0.647. The molecular formula is C25H27ClO5.